The minimum atomic E-state index is -0.120. The molecule has 0 aliphatic carbocycles. The molecular formula is C32H28N4OS. The molecule has 6 heteroatoms. The third kappa shape index (κ3) is 4.55. The molecule has 3 heterocycles. The Bertz CT molecular complexity index is 1580. The third-order valence-electron chi connectivity index (χ3n) is 6.90. The van der Waals surface area contributed by atoms with E-state index < -0.39 is 0 Å². The van der Waals surface area contributed by atoms with Gasteiger partial charge in [-0.05, 0) is 104 Å². The maximum Gasteiger partial charge on any atom is 0.174 e. The summed E-state index contributed by atoms with van der Waals surface area (Å²) in [6.45, 7) is 4.16. The molecule has 1 aliphatic heterocycles. The van der Waals surface area contributed by atoms with Gasteiger partial charge in [0.05, 0.1) is 11.7 Å². The molecule has 38 heavy (non-hydrogen) atoms. The molecule has 1 N–H and O–H groups in total. The van der Waals surface area contributed by atoms with Crippen molar-refractivity contribution < 1.29 is 4.74 Å². The molecule has 2 atom stereocenters. The zero-order valence-electron chi connectivity index (χ0n) is 21.3. The van der Waals surface area contributed by atoms with E-state index in [2.05, 4.69) is 82.5 Å². The number of aryl methyl sites for hydroxylation is 2. The lowest BCUT2D eigenvalue weighted by Gasteiger charge is -2.29. The Morgan fingerprint density at radius 1 is 0.816 bits per heavy atom. The van der Waals surface area contributed by atoms with Crippen LogP contribution in [-0.4, -0.2) is 14.7 Å². The maximum absolute atomic E-state index is 6.15. The van der Waals surface area contributed by atoms with E-state index in [4.69, 9.17) is 21.9 Å². The molecular weight excluding hydrogens is 488 g/mol. The van der Waals surface area contributed by atoms with Crippen LogP contribution in [0.3, 0.4) is 0 Å². The summed E-state index contributed by atoms with van der Waals surface area (Å²) >= 11 is 5.93. The van der Waals surface area contributed by atoms with Gasteiger partial charge in [-0.2, -0.15) is 0 Å². The largest absolute Gasteiger partial charge is 0.457 e. The number of hydrogen-bond donors (Lipinski definition) is 1. The lowest BCUT2D eigenvalue weighted by Crippen LogP contribution is -2.30. The second-order valence-corrected chi connectivity index (χ2v) is 9.89. The van der Waals surface area contributed by atoms with Gasteiger partial charge >= 0.3 is 0 Å². The van der Waals surface area contributed by atoms with Gasteiger partial charge in [-0.25, -0.2) is 0 Å². The number of hydrogen-bond acceptors (Lipinski definition) is 3. The first-order valence-corrected chi connectivity index (χ1v) is 13.1. The first-order valence-electron chi connectivity index (χ1n) is 12.7. The summed E-state index contributed by atoms with van der Waals surface area (Å²) in [6, 6.07) is 34.7. The number of ether oxygens (including phenoxy) is 1. The number of nitrogens with zero attached hydrogens (tertiary/aromatic N) is 3. The summed E-state index contributed by atoms with van der Waals surface area (Å²) in [4.78, 5) is 6.88. The quantitative estimate of drug-likeness (QED) is 0.237. The van der Waals surface area contributed by atoms with Gasteiger partial charge in [0, 0.05) is 29.5 Å². The van der Waals surface area contributed by atoms with Crippen LogP contribution in [0, 0.1) is 13.8 Å². The van der Waals surface area contributed by atoms with Crippen LogP contribution in [-0.2, 0) is 0 Å². The standard InChI is InChI=1S/C32H28N4OS/c1-22-9-7-11-25(21-22)35-20-8-13-28(35)31-30(27-12-5-6-19-33-27)34-32(38)36(31)24-15-17-26(18-16-24)37-29-14-4-3-10-23(29)2/h3-21,30-31H,1-2H3,(H,34,38). The number of nitrogens with one attached hydrogen (secondary N) is 1. The predicted molar refractivity (Wildman–Crippen MR) is 156 cm³/mol. The first kappa shape index (κ1) is 23.9. The summed E-state index contributed by atoms with van der Waals surface area (Å²) in [7, 11) is 0. The molecule has 0 bridgehead atoms. The van der Waals surface area contributed by atoms with E-state index >= 15 is 0 Å². The van der Waals surface area contributed by atoms with Crippen molar-refractivity contribution in [3.05, 3.63) is 138 Å². The Balaban J connectivity index is 1.40. The Morgan fingerprint density at radius 2 is 1.63 bits per heavy atom. The van der Waals surface area contributed by atoms with Crippen molar-refractivity contribution in [2.75, 3.05) is 4.90 Å². The van der Waals surface area contributed by atoms with Gasteiger partial charge in [-0.3, -0.25) is 4.98 Å². The van der Waals surface area contributed by atoms with Gasteiger partial charge in [0.1, 0.15) is 17.5 Å². The summed E-state index contributed by atoms with van der Waals surface area (Å²) in [6.07, 6.45) is 3.94. The number of anilines is 1. The van der Waals surface area contributed by atoms with Crippen LogP contribution in [0.5, 0.6) is 11.5 Å². The molecule has 0 amide bonds. The second-order valence-electron chi connectivity index (χ2n) is 9.50. The molecule has 0 spiro atoms. The van der Waals surface area contributed by atoms with Crippen LogP contribution in [0.2, 0.25) is 0 Å². The van der Waals surface area contributed by atoms with E-state index in [1.165, 1.54) is 5.56 Å². The average molecular weight is 517 g/mol. The summed E-state index contributed by atoms with van der Waals surface area (Å²) < 4.78 is 8.39. The van der Waals surface area contributed by atoms with Gasteiger partial charge in [0.15, 0.2) is 5.11 Å². The molecule has 1 saturated heterocycles. The van der Waals surface area contributed by atoms with Gasteiger partial charge in [-0.1, -0.05) is 36.4 Å². The summed E-state index contributed by atoms with van der Waals surface area (Å²) in [5.74, 6) is 1.63. The van der Waals surface area contributed by atoms with Crippen molar-refractivity contribution in [1.82, 2.24) is 14.9 Å². The second kappa shape index (κ2) is 10.1. The van der Waals surface area contributed by atoms with Gasteiger partial charge in [0.2, 0.25) is 0 Å². The van der Waals surface area contributed by atoms with Crippen molar-refractivity contribution in [2.45, 2.75) is 25.9 Å². The minimum Gasteiger partial charge on any atom is -0.457 e. The number of aromatic nitrogens is 2. The molecule has 2 unspecified atom stereocenters. The predicted octanol–water partition coefficient (Wildman–Crippen LogP) is 7.46. The lowest BCUT2D eigenvalue weighted by molar-refractivity contribution is 0.479. The smallest absolute Gasteiger partial charge is 0.174 e. The van der Waals surface area contributed by atoms with E-state index in [-0.39, 0.29) is 12.1 Å². The maximum atomic E-state index is 6.15. The van der Waals surface area contributed by atoms with Crippen LogP contribution < -0.4 is 15.0 Å². The number of rotatable bonds is 6. The van der Waals surface area contributed by atoms with Crippen molar-refractivity contribution >= 4 is 23.0 Å². The molecule has 6 rings (SSSR count). The fraction of sp³-hybridized carbons (Fsp3) is 0.125. The highest BCUT2D eigenvalue weighted by Crippen LogP contribution is 2.42. The molecule has 3 aromatic carbocycles. The molecule has 0 saturated carbocycles. The molecule has 2 aromatic heterocycles. The third-order valence-corrected chi connectivity index (χ3v) is 7.21. The summed E-state index contributed by atoms with van der Waals surface area (Å²) in [5.41, 5.74) is 6.48. The minimum absolute atomic E-state index is 0.115. The van der Waals surface area contributed by atoms with Crippen LogP contribution >= 0.6 is 12.2 Å². The highest BCUT2D eigenvalue weighted by Gasteiger charge is 2.42. The topological polar surface area (TPSA) is 42.3 Å². The van der Waals surface area contributed by atoms with Crippen molar-refractivity contribution in [1.29, 1.82) is 0 Å². The molecule has 1 aliphatic rings. The van der Waals surface area contributed by atoms with Crippen LogP contribution in [0.25, 0.3) is 5.69 Å². The highest BCUT2D eigenvalue weighted by molar-refractivity contribution is 7.80. The van der Waals surface area contributed by atoms with E-state index in [9.17, 15) is 0 Å². The molecule has 1 fully saturated rings. The van der Waals surface area contributed by atoms with Crippen LogP contribution in [0.1, 0.15) is 34.6 Å². The lowest BCUT2D eigenvalue weighted by atomic mass is 10.0. The summed E-state index contributed by atoms with van der Waals surface area (Å²) in [5, 5.41) is 4.22. The molecule has 5 nitrogen and oxygen atoms in total. The van der Waals surface area contributed by atoms with Gasteiger partial charge < -0.3 is 19.5 Å². The SMILES string of the molecule is Cc1cccc(-n2cccc2C2C(c3ccccn3)NC(=S)N2c2ccc(Oc3ccccc3C)cc2)c1. The van der Waals surface area contributed by atoms with Crippen LogP contribution in [0.4, 0.5) is 5.69 Å². The molecule has 0 radical (unpaired) electrons. The zero-order valence-corrected chi connectivity index (χ0v) is 22.1. The van der Waals surface area contributed by atoms with Gasteiger partial charge in [-0.15, -0.1) is 0 Å². The normalized spacial score (nSPS) is 16.9. The van der Waals surface area contributed by atoms with Gasteiger partial charge in [0.25, 0.3) is 0 Å². The Morgan fingerprint density at radius 3 is 2.39 bits per heavy atom. The first-order chi connectivity index (χ1) is 18.6. The fourth-order valence-electron chi connectivity index (χ4n) is 5.05. The number of thiocarbonyl (C=S) groups is 1. The van der Waals surface area contributed by atoms with E-state index in [1.807, 2.05) is 61.7 Å². The number of benzene rings is 3. The fourth-order valence-corrected chi connectivity index (χ4v) is 5.40. The monoisotopic (exact) mass is 516 g/mol. The Kier molecular flexibility index (Phi) is 6.40. The van der Waals surface area contributed by atoms with Crippen LogP contribution in [0.15, 0.2) is 116 Å². The van der Waals surface area contributed by atoms with E-state index in [0.717, 1.165) is 39.8 Å². The van der Waals surface area contributed by atoms with Crippen molar-refractivity contribution in [3.8, 4) is 17.2 Å². The van der Waals surface area contributed by atoms with Crippen molar-refractivity contribution in [2.24, 2.45) is 0 Å². The zero-order chi connectivity index (χ0) is 26.1. The average Bonchev–Trinajstić information content (AvgIpc) is 3.55. The van der Waals surface area contributed by atoms with E-state index in [0.29, 0.717) is 5.11 Å². The number of para-hydroxylation sites is 1. The van der Waals surface area contributed by atoms with E-state index in [1.54, 1.807) is 0 Å². The highest BCUT2D eigenvalue weighted by atomic mass is 32.1. The van der Waals surface area contributed by atoms with Crippen molar-refractivity contribution in [3.63, 3.8) is 0 Å². The molecule has 5 aromatic rings. The Hall–Kier alpha value is -4.42. The number of pyridine rings is 1. The Labute approximate surface area is 228 Å². The molecule has 188 valence electrons.